The van der Waals surface area contributed by atoms with Crippen LogP contribution in [0.25, 0.3) is 0 Å². The van der Waals surface area contributed by atoms with Crippen LogP contribution in [0.5, 0.6) is 0 Å². The molecule has 1 unspecified atom stereocenters. The maximum Gasteiger partial charge on any atom is 0.0414 e. The van der Waals surface area contributed by atoms with Gasteiger partial charge < -0.3 is 5.41 Å². The SMILES string of the molecule is CCC(C)C(=N)c1ccccc1. The molecule has 1 aromatic carbocycles. The lowest BCUT2D eigenvalue weighted by Crippen LogP contribution is -2.09. The lowest BCUT2D eigenvalue weighted by Gasteiger charge is -2.09. The van der Waals surface area contributed by atoms with E-state index in [2.05, 4.69) is 13.8 Å². The molecule has 0 saturated heterocycles. The van der Waals surface area contributed by atoms with E-state index in [1.165, 1.54) is 0 Å². The van der Waals surface area contributed by atoms with Crippen molar-refractivity contribution in [3.05, 3.63) is 35.9 Å². The first-order valence-electron chi connectivity index (χ1n) is 4.39. The first-order chi connectivity index (χ1) is 5.75. The molecule has 1 aromatic rings. The molecule has 1 rings (SSSR count). The summed E-state index contributed by atoms with van der Waals surface area (Å²) < 4.78 is 0. The maximum absolute atomic E-state index is 7.84. The van der Waals surface area contributed by atoms with Gasteiger partial charge in [-0.05, 0) is 17.9 Å². The van der Waals surface area contributed by atoms with Gasteiger partial charge >= 0.3 is 0 Å². The Morgan fingerprint density at radius 3 is 2.42 bits per heavy atom. The van der Waals surface area contributed by atoms with Crippen molar-refractivity contribution in [2.75, 3.05) is 0 Å². The fourth-order valence-electron chi connectivity index (χ4n) is 1.11. The summed E-state index contributed by atoms with van der Waals surface area (Å²) >= 11 is 0. The van der Waals surface area contributed by atoms with Gasteiger partial charge in [-0.3, -0.25) is 0 Å². The van der Waals surface area contributed by atoms with E-state index in [0.29, 0.717) is 5.92 Å². The highest BCUT2D eigenvalue weighted by molar-refractivity contribution is 5.99. The van der Waals surface area contributed by atoms with Crippen LogP contribution in [-0.2, 0) is 0 Å². The van der Waals surface area contributed by atoms with Crippen LogP contribution in [0, 0.1) is 11.3 Å². The van der Waals surface area contributed by atoms with Crippen molar-refractivity contribution in [3.63, 3.8) is 0 Å². The van der Waals surface area contributed by atoms with E-state index in [0.717, 1.165) is 17.7 Å². The Hall–Kier alpha value is -1.11. The van der Waals surface area contributed by atoms with Gasteiger partial charge in [-0.15, -0.1) is 0 Å². The lowest BCUT2D eigenvalue weighted by molar-refractivity contribution is 0.736. The maximum atomic E-state index is 7.84. The Balaban J connectivity index is 2.79. The zero-order valence-corrected chi connectivity index (χ0v) is 7.67. The summed E-state index contributed by atoms with van der Waals surface area (Å²) in [5.41, 5.74) is 1.80. The van der Waals surface area contributed by atoms with Gasteiger partial charge in [0.15, 0.2) is 0 Å². The number of hydrogen-bond acceptors (Lipinski definition) is 1. The van der Waals surface area contributed by atoms with E-state index < -0.39 is 0 Å². The molecule has 0 bridgehead atoms. The number of rotatable bonds is 3. The normalized spacial score (nSPS) is 12.5. The third-order valence-corrected chi connectivity index (χ3v) is 2.19. The third-order valence-electron chi connectivity index (χ3n) is 2.19. The van der Waals surface area contributed by atoms with Crippen LogP contribution in [0.2, 0.25) is 0 Å². The molecule has 0 fully saturated rings. The molecule has 0 heterocycles. The molecule has 0 aliphatic heterocycles. The van der Waals surface area contributed by atoms with Gasteiger partial charge in [-0.2, -0.15) is 0 Å². The zero-order chi connectivity index (χ0) is 8.97. The second-order valence-corrected chi connectivity index (χ2v) is 3.09. The van der Waals surface area contributed by atoms with Crippen molar-refractivity contribution in [2.45, 2.75) is 20.3 Å². The van der Waals surface area contributed by atoms with E-state index in [9.17, 15) is 0 Å². The molecule has 1 atom stereocenters. The summed E-state index contributed by atoms with van der Waals surface area (Å²) in [5, 5.41) is 7.84. The minimum absolute atomic E-state index is 0.368. The molecule has 0 aliphatic rings. The second kappa shape index (κ2) is 4.05. The number of nitrogens with one attached hydrogen (secondary N) is 1. The fraction of sp³-hybridized carbons (Fsp3) is 0.364. The Kier molecular flexibility index (Phi) is 3.03. The Labute approximate surface area is 73.9 Å². The molecule has 0 aromatic heterocycles. The van der Waals surface area contributed by atoms with Gasteiger partial charge in [0.1, 0.15) is 0 Å². The summed E-state index contributed by atoms with van der Waals surface area (Å²) in [6, 6.07) is 9.93. The van der Waals surface area contributed by atoms with Crippen LogP contribution in [0.15, 0.2) is 30.3 Å². The average molecular weight is 161 g/mol. The van der Waals surface area contributed by atoms with Gasteiger partial charge in [0.05, 0.1) is 0 Å². The van der Waals surface area contributed by atoms with E-state index in [1.54, 1.807) is 0 Å². The van der Waals surface area contributed by atoms with Gasteiger partial charge in [0, 0.05) is 5.71 Å². The van der Waals surface area contributed by atoms with E-state index >= 15 is 0 Å². The summed E-state index contributed by atoms with van der Waals surface area (Å²) in [4.78, 5) is 0. The molecule has 1 nitrogen and oxygen atoms in total. The summed E-state index contributed by atoms with van der Waals surface area (Å²) in [6.07, 6.45) is 1.04. The number of benzene rings is 1. The quantitative estimate of drug-likeness (QED) is 0.659. The second-order valence-electron chi connectivity index (χ2n) is 3.09. The van der Waals surface area contributed by atoms with Crippen LogP contribution in [0.1, 0.15) is 25.8 Å². The van der Waals surface area contributed by atoms with Crippen molar-refractivity contribution in [1.29, 1.82) is 5.41 Å². The fourth-order valence-corrected chi connectivity index (χ4v) is 1.11. The zero-order valence-electron chi connectivity index (χ0n) is 7.67. The monoisotopic (exact) mass is 161 g/mol. The molecule has 12 heavy (non-hydrogen) atoms. The van der Waals surface area contributed by atoms with Crippen LogP contribution >= 0.6 is 0 Å². The van der Waals surface area contributed by atoms with Gasteiger partial charge in [-0.25, -0.2) is 0 Å². The Morgan fingerprint density at radius 2 is 1.92 bits per heavy atom. The van der Waals surface area contributed by atoms with Gasteiger partial charge in [0.25, 0.3) is 0 Å². The molecular formula is C11H15N. The van der Waals surface area contributed by atoms with Crippen LogP contribution < -0.4 is 0 Å². The Morgan fingerprint density at radius 1 is 1.33 bits per heavy atom. The number of hydrogen-bond donors (Lipinski definition) is 1. The third kappa shape index (κ3) is 1.94. The van der Waals surface area contributed by atoms with E-state index in [4.69, 9.17) is 5.41 Å². The predicted octanol–water partition coefficient (Wildman–Crippen LogP) is 3.10. The minimum Gasteiger partial charge on any atom is -0.304 e. The van der Waals surface area contributed by atoms with Crippen molar-refractivity contribution in [2.24, 2.45) is 5.92 Å². The molecule has 0 radical (unpaired) electrons. The van der Waals surface area contributed by atoms with Crippen LogP contribution in [0.3, 0.4) is 0 Å². The van der Waals surface area contributed by atoms with Crippen molar-refractivity contribution in [3.8, 4) is 0 Å². The largest absolute Gasteiger partial charge is 0.304 e. The van der Waals surface area contributed by atoms with Crippen molar-refractivity contribution in [1.82, 2.24) is 0 Å². The summed E-state index contributed by atoms with van der Waals surface area (Å²) in [5.74, 6) is 0.368. The van der Waals surface area contributed by atoms with Crippen LogP contribution in [0.4, 0.5) is 0 Å². The van der Waals surface area contributed by atoms with Crippen molar-refractivity contribution >= 4 is 5.71 Å². The highest BCUT2D eigenvalue weighted by atomic mass is 14.4. The van der Waals surface area contributed by atoms with Crippen LogP contribution in [-0.4, -0.2) is 5.71 Å². The molecule has 0 saturated carbocycles. The molecule has 1 N–H and O–H groups in total. The summed E-state index contributed by atoms with van der Waals surface area (Å²) in [7, 11) is 0. The molecule has 1 heteroatoms. The van der Waals surface area contributed by atoms with Gasteiger partial charge in [-0.1, -0.05) is 44.2 Å². The lowest BCUT2D eigenvalue weighted by atomic mass is 9.96. The first kappa shape index (κ1) is 8.98. The summed E-state index contributed by atoms with van der Waals surface area (Å²) in [6.45, 7) is 4.21. The van der Waals surface area contributed by atoms with E-state index in [-0.39, 0.29) is 0 Å². The molecule has 0 amide bonds. The molecule has 64 valence electrons. The average Bonchev–Trinajstić information content (AvgIpc) is 2.17. The minimum atomic E-state index is 0.368. The highest BCUT2D eigenvalue weighted by Gasteiger charge is 2.07. The predicted molar refractivity (Wildman–Crippen MR) is 52.7 cm³/mol. The molecule has 0 aliphatic carbocycles. The molecule has 0 spiro atoms. The first-order valence-corrected chi connectivity index (χ1v) is 4.39. The van der Waals surface area contributed by atoms with Gasteiger partial charge in [0.2, 0.25) is 0 Å². The Bertz CT molecular complexity index is 251. The highest BCUT2D eigenvalue weighted by Crippen LogP contribution is 2.10. The smallest absolute Gasteiger partial charge is 0.0414 e. The molecular weight excluding hydrogens is 146 g/mol. The van der Waals surface area contributed by atoms with Crippen molar-refractivity contribution < 1.29 is 0 Å². The topological polar surface area (TPSA) is 23.9 Å². The standard InChI is InChI=1S/C11H15N/c1-3-9(2)11(12)10-7-5-4-6-8-10/h4-9,12H,3H2,1-2H3. The van der Waals surface area contributed by atoms with E-state index in [1.807, 2.05) is 30.3 Å².